The van der Waals surface area contributed by atoms with E-state index >= 15 is 0 Å². The number of aryl methyl sites for hydroxylation is 1. The van der Waals surface area contributed by atoms with Gasteiger partial charge < -0.3 is 10.2 Å². The standard InChI is InChI=1S/C14H22N4/c1-3-18(14-6-7-15-10(2)16-14)13-8-11-4-5-12(9-13)17-11/h6-7,11-13,17H,3-5,8-9H2,1-2H3. The van der Waals surface area contributed by atoms with Crippen LogP contribution in [0.4, 0.5) is 5.82 Å². The van der Waals surface area contributed by atoms with Gasteiger partial charge in [-0.15, -0.1) is 0 Å². The van der Waals surface area contributed by atoms with Crippen molar-refractivity contribution in [2.75, 3.05) is 11.4 Å². The van der Waals surface area contributed by atoms with Crippen LogP contribution in [0, 0.1) is 6.92 Å². The van der Waals surface area contributed by atoms with Crippen LogP contribution in [0.1, 0.15) is 38.4 Å². The minimum absolute atomic E-state index is 0.642. The molecule has 1 aromatic heterocycles. The van der Waals surface area contributed by atoms with Crippen molar-refractivity contribution in [3.8, 4) is 0 Å². The Kier molecular flexibility index (Phi) is 3.20. The van der Waals surface area contributed by atoms with Gasteiger partial charge in [0.25, 0.3) is 0 Å². The van der Waals surface area contributed by atoms with Crippen LogP contribution in [0.3, 0.4) is 0 Å². The lowest BCUT2D eigenvalue weighted by Crippen LogP contribution is -2.48. The van der Waals surface area contributed by atoms with Crippen LogP contribution in [0.2, 0.25) is 0 Å². The molecule has 0 radical (unpaired) electrons. The lowest BCUT2D eigenvalue weighted by molar-refractivity contribution is 0.348. The maximum atomic E-state index is 4.58. The predicted molar refractivity (Wildman–Crippen MR) is 72.8 cm³/mol. The molecule has 0 aliphatic carbocycles. The molecule has 4 heteroatoms. The summed E-state index contributed by atoms with van der Waals surface area (Å²) in [6.07, 6.45) is 7.08. The van der Waals surface area contributed by atoms with Crippen LogP contribution < -0.4 is 10.2 Å². The zero-order valence-corrected chi connectivity index (χ0v) is 11.3. The number of nitrogens with zero attached hydrogens (tertiary/aromatic N) is 3. The Morgan fingerprint density at radius 2 is 2.06 bits per heavy atom. The maximum absolute atomic E-state index is 4.58. The van der Waals surface area contributed by atoms with Crippen LogP contribution in [-0.2, 0) is 0 Å². The summed E-state index contributed by atoms with van der Waals surface area (Å²) in [6.45, 7) is 5.21. The molecule has 2 aliphatic rings. The minimum atomic E-state index is 0.642. The van der Waals surface area contributed by atoms with E-state index < -0.39 is 0 Å². The highest BCUT2D eigenvalue weighted by Crippen LogP contribution is 2.31. The second kappa shape index (κ2) is 4.84. The number of nitrogens with one attached hydrogen (secondary N) is 1. The van der Waals surface area contributed by atoms with Crippen LogP contribution in [0.25, 0.3) is 0 Å². The number of hydrogen-bond donors (Lipinski definition) is 1. The quantitative estimate of drug-likeness (QED) is 0.884. The first-order valence-corrected chi connectivity index (χ1v) is 7.08. The molecule has 2 fully saturated rings. The lowest BCUT2D eigenvalue weighted by Gasteiger charge is -2.38. The van der Waals surface area contributed by atoms with E-state index in [1.165, 1.54) is 25.7 Å². The van der Waals surface area contributed by atoms with Gasteiger partial charge in [0.05, 0.1) is 0 Å². The third kappa shape index (κ3) is 2.21. The second-order valence-electron chi connectivity index (χ2n) is 5.51. The number of rotatable bonds is 3. The topological polar surface area (TPSA) is 41.1 Å². The third-order valence-corrected chi connectivity index (χ3v) is 4.29. The molecule has 2 unspecified atom stereocenters. The fourth-order valence-electron chi connectivity index (χ4n) is 3.49. The Morgan fingerprint density at radius 3 is 2.67 bits per heavy atom. The summed E-state index contributed by atoms with van der Waals surface area (Å²) >= 11 is 0. The number of fused-ring (bicyclic) bond motifs is 2. The first-order chi connectivity index (χ1) is 8.76. The SMILES string of the molecule is CCN(c1ccnc(C)n1)C1CC2CCC(C1)N2. The van der Waals surface area contributed by atoms with Crippen molar-refractivity contribution in [3.63, 3.8) is 0 Å². The predicted octanol–water partition coefficient (Wildman–Crippen LogP) is 1.89. The highest BCUT2D eigenvalue weighted by Gasteiger charge is 2.36. The van der Waals surface area contributed by atoms with Gasteiger partial charge >= 0.3 is 0 Å². The van der Waals surface area contributed by atoms with Crippen molar-refractivity contribution in [2.45, 2.75) is 57.7 Å². The highest BCUT2D eigenvalue weighted by molar-refractivity contribution is 5.39. The molecule has 2 atom stereocenters. The average Bonchev–Trinajstić information content (AvgIpc) is 2.70. The summed E-state index contributed by atoms with van der Waals surface area (Å²) < 4.78 is 0. The van der Waals surface area contributed by atoms with Crippen molar-refractivity contribution < 1.29 is 0 Å². The van der Waals surface area contributed by atoms with E-state index in [0.717, 1.165) is 30.3 Å². The normalized spacial score (nSPS) is 30.4. The van der Waals surface area contributed by atoms with Gasteiger partial charge in [0.15, 0.2) is 0 Å². The van der Waals surface area contributed by atoms with E-state index in [9.17, 15) is 0 Å². The van der Waals surface area contributed by atoms with E-state index in [1.54, 1.807) is 0 Å². The van der Waals surface area contributed by atoms with Crippen LogP contribution >= 0.6 is 0 Å². The Balaban J connectivity index is 1.80. The summed E-state index contributed by atoms with van der Waals surface area (Å²) in [5.41, 5.74) is 0. The van der Waals surface area contributed by atoms with E-state index in [2.05, 4.69) is 27.1 Å². The molecule has 0 spiro atoms. The Hall–Kier alpha value is -1.16. The summed E-state index contributed by atoms with van der Waals surface area (Å²) in [7, 11) is 0. The molecular weight excluding hydrogens is 224 g/mol. The maximum Gasteiger partial charge on any atom is 0.132 e. The van der Waals surface area contributed by atoms with Gasteiger partial charge in [0.2, 0.25) is 0 Å². The summed E-state index contributed by atoms with van der Waals surface area (Å²) in [5.74, 6) is 1.96. The van der Waals surface area contributed by atoms with Gasteiger partial charge in [-0.1, -0.05) is 0 Å². The molecular formula is C14H22N4. The fraction of sp³-hybridized carbons (Fsp3) is 0.714. The molecule has 2 saturated heterocycles. The Labute approximate surface area is 109 Å². The van der Waals surface area contributed by atoms with Crippen molar-refractivity contribution in [1.29, 1.82) is 0 Å². The average molecular weight is 246 g/mol. The fourth-order valence-corrected chi connectivity index (χ4v) is 3.49. The molecule has 18 heavy (non-hydrogen) atoms. The Morgan fingerprint density at radius 1 is 1.33 bits per heavy atom. The molecule has 2 aliphatic heterocycles. The van der Waals surface area contributed by atoms with Crippen molar-refractivity contribution in [1.82, 2.24) is 15.3 Å². The van der Waals surface area contributed by atoms with E-state index in [4.69, 9.17) is 0 Å². The lowest BCUT2D eigenvalue weighted by atomic mass is 9.98. The van der Waals surface area contributed by atoms with E-state index in [0.29, 0.717) is 6.04 Å². The molecule has 3 rings (SSSR count). The summed E-state index contributed by atoms with van der Waals surface area (Å²) in [4.78, 5) is 11.2. The van der Waals surface area contributed by atoms with E-state index in [-0.39, 0.29) is 0 Å². The molecule has 1 N–H and O–H groups in total. The first kappa shape index (κ1) is 11.9. The molecule has 1 aromatic rings. The van der Waals surface area contributed by atoms with Gasteiger partial charge in [-0.2, -0.15) is 0 Å². The van der Waals surface area contributed by atoms with Gasteiger partial charge in [0, 0.05) is 30.9 Å². The molecule has 4 nitrogen and oxygen atoms in total. The first-order valence-electron chi connectivity index (χ1n) is 7.08. The molecule has 0 saturated carbocycles. The summed E-state index contributed by atoms with van der Waals surface area (Å²) in [6, 6.07) is 4.14. The molecule has 98 valence electrons. The van der Waals surface area contributed by atoms with Crippen molar-refractivity contribution in [2.24, 2.45) is 0 Å². The number of hydrogen-bond acceptors (Lipinski definition) is 4. The highest BCUT2D eigenvalue weighted by atomic mass is 15.2. The molecule has 0 aromatic carbocycles. The third-order valence-electron chi connectivity index (χ3n) is 4.29. The largest absolute Gasteiger partial charge is 0.354 e. The second-order valence-corrected chi connectivity index (χ2v) is 5.51. The van der Waals surface area contributed by atoms with Crippen LogP contribution in [0.15, 0.2) is 12.3 Å². The van der Waals surface area contributed by atoms with Crippen molar-refractivity contribution in [3.05, 3.63) is 18.1 Å². The zero-order valence-electron chi connectivity index (χ0n) is 11.3. The van der Waals surface area contributed by atoms with E-state index in [1.807, 2.05) is 19.2 Å². The Bertz CT molecular complexity index is 408. The van der Waals surface area contributed by atoms with Crippen LogP contribution in [-0.4, -0.2) is 34.6 Å². The number of aromatic nitrogens is 2. The minimum Gasteiger partial charge on any atom is -0.354 e. The van der Waals surface area contributed by atoms with Gasteiger partial charge in [-0.25, -0.2) is 9.97 Å². The molecule has 3 heterocycles. The smallest absolute Gasteiger partial charge is 0.132 e. The summed E-state index contributed by atoms with van der Waals surface area (Å²) in [5, 5.41) is 3.70. The van der Waals surface area contributed by atoms with Gasteiger partial charge in [-0.05, 0) is 45.6 Å². The monoisotopic (exact) mass is 246 g/mol. The van der Waals surface area contributed by atoms with Crippen LogP contribution in [0.5, 0.6) is 0 Å². The van der Waals surface area contributed by atoms with Gasteiger partial charge in [-0.3, -0.25) is 0 Å². The zero-order chi connectivity index (χ0) is 12.5. The number of piperidine rings is 1. The molecule has 0 amide bonds. The van der Waals surface area contributed by atoms with Crippen molar-refractivity contribution >= 4 is 5.82 Å². The van der Waals surface area contributed by atoms with Gasteiger partial charge in [0.1, 0.15) is 11.6 Å². The molecule has 2 bridgehead atoms. The number of anilines is 1.